The normalized spacial score (nSPS) is 14.3. The molecule has 3 heteroatoms. The van der Waals surface area contributed by atoms with Crippen molar-refractivity contribution in [3.8, 4) is 0 Å². The molecule has 3 nitrogen and oxygen atoms in total. The summed E-state index contributed by atoms with van der Waals surface area (Å²) in [6.45, 7) is 5.21. The molecule has 1 heterocycles. The number of ether oxygens (including phenoxy) is 1. The summed E-state index contributed by atoms with van der Waals surface area (Å²) in [6, 6.07) is 8.77. The lowest BCUT2D eigenvalue weighted by atomic mass is 9.97. The minimum absolute atomic E-state index is 0.291. The Morgan fingerprint density at radius 1 is 1.20 bits per heavy atom. The van der Waals surface area contributed by atoms with Gasteiger partial charge in [0.25, 0.3) is 0 Å². The van der Waals surface area contributed by atoms with Crippen molar-refractivity contribution in [1.82, 2.24) is 10.3 Å². The van der Waals surface area contributed by atoms with Crippen LogP contribution < -0.4 is 5.32 Å². The summed E-state index contributed by atoms with van der Waals surface area (Å²) in [5.41, 5.74) is 1.29. The van der Waals surface area contributed by atoms with Crippen molar-refractivity contribution in [2.45, 2.75) is 38.8 Å². The molecule has 0 saturated heterocycles. The highest BCUT2D eigenvalue weighted by molar-refractivity contribution is 5.85. The fourth-order valence-corrected chi connectivity index (χ4v) is 2.55. The molecule has 0 radical (unpaired) electrons. The van der Waals surface area contributed by atoms with E-state index in [1.165, 1.54) is 16.3 Å². The van der Waals surface area contributed by atoms with Crippen LogP contribution in [0, 0.1) is 0 Å². The average molecular weight is 272 g/mol. The molecule has 1 N–H and O–H groups in total. The van der Waals surface area contributed by atoms with Gasteiger partial charge < -0.3 is 10.1 Å². The van der Waals surface area contributed by atoms with E-state index in [1.807, 2.05) is 12.4 Å². The van der Waals surface area contributed by atoms with Crippen LogP contribution in [0.3, 0.4) is 0 Å². The zero-order chi connectivity index (χ0) is 14.4. The molecule has 20 heavy (non-hydrogen) atoms. The number of hydrogen-bond acceptors (Lipinski definition) is 3. The second-order valence-electron chi connectivity index (χ2n) is 5.18. The van der Waals surface area contributed by atoms with Crippen molar-refractivity contribution in [2.75, 3.05) is 13.7 Å². The molecule has 0 fully saturated rings. The van der Waals surface area contributed by atoms with Gasteiger partial charge in [-0.05, 0) is 37.3 Å². The van der Waals surface area contributed by atoms with Crippen molar-refractivity contribution in [2.24, 2.45) is 0 Å². The lowest BCUT2D eigenvalue weighted by molar-refractivity contribution is 0.106. The van der Waals surface area contributed by atoms with Gasteiger partial charge in [-0.2, -0.15) is 0 Å². The van der Waals surface area contributed by atoms with E-state index in [9.17, 15) is 0 Å². The van der Waals surface area contributed by atoms with Gasteiger partial charge in [0.1, 0.15) is 0 Å². The molecule has 0 spiro atoms. The second kappa shape index (κ2) is 7.36. The number of pyridine rings is 1. The molecule has 2 aromatic rings. The number of hydrogen-bond donors (Lipinski definition) is 1. The predicted octanol–water partition coefficient (Wildman–Crippen LogP) is 3.70. The van der Waals surface area contributed by atoms with Crippen LogP contribution >= 0.6 is 0 Å². The van der Waals surface area contributed by atoms with Crippen LogP contribution in [0.2, 0.25) is 0 Å². The molecule has 0 aliphatic rings. The number of aromatic nitrogens is 1. The van der Waals surface area contributed by atoms with Gasteiger partial charge >= 0.3 is 0 Å². The summed E-state index contributed by atoms with van der Waals surface area (Å²) < 4.78 is 5.36. The third kappa shape index (κ3) is 3.56. The van der Waals surface area contributed by atoms with E-state index in [2.05, 4.69) is 48.4 Å². The van der Waals surface area contributed by atoms with E-state index in [0.717, 1.165) is 19.4 Å². The molecule has 0 aliphatic carbocycles. The fourth-order valence-electron chi connectivity index (χ4n) is 2.55. The molecule has 1 aromatic carbocycles. The molecule has 2 unspecified atom stereocenters. The summed E-state index contributed by atoms with van der Waals surface area (Å²) >= 11 is 0. The average Bonchev–Trinajstić information content (AvgIpc) is 2.50. The van der Waals surface area contributed by atoms with Crippen LogP contribution in [-0.4, -0.2) is 24.7 Å². The van der Waals surface area contributed by atoms with Gasteiger partial charge in [-0.3, -0.25) is 4.98 Å². The van der Waals surface area contributed by atoms with Crippen LogP contribution in [0.15, 0.2) is 36.7 Å². The number of nitrogens with one attached hydrogen (secondary N) is 1. The lowest BCUT2D eigenvalue weighted by Gasteiger charge is -2.21. The van der Waals surface area contributed by atoms with Crippen LogP contribution in [0.1, 0.15) is 38.3 Å². The first-order valence-electron chi connectivity index (χ1n) is 7.35. The number of fused-ring (bicyclic) bond motifs is 1. The number of benzene rings is 1. The van der Waals surface area contributed by atoms with Crippen LogP contribution in [0.4, 0.5) is 0 Å². The van der Waals surface area contributed by atoms with Crippen LogP contribution in [0.25, 0.3) is 10.8 Å². The Morgan fingerprint density at radius 3 is 2.75 bits per heavy atom. The molecule has 2 atom stereocenters. The molecule has 1 aromatic heterocycles. The zero-order valence-corrected chi connectivity index (χ0v) is 12.6. The first kappa shape index (κ1) is 14.9. The SMILES string of the molecule is CCNC(CCC(C)OC)c1cncc2ccccc12. The monoisotopic (exact) mass is 272 g/mol. The second-order valence-corrected chi connectivity index (χ2v) is 5.18. The van der Waals surface area contributed by atoms with E-state index in [1.54, 1.807) is 7.11 Å². The van der Waals surface area contributed by atoms with Gasteiger partial charge in [-0.25, -0.2) is 0 Å². The third-order valence-corrected chi connectivity index (χ3v) is 3.79. The van der Waals surface area contributed by atoms with Gasteiger partial charge in [0, 0.05) is 30.9 Å². The molecule has 0 bridgehead atoms. The molecule has 0 saturated carbocycles. The maximum absolute atomic E-state index is 5.36. The number of methoxy groups -OCH3 is 1. The predicted molar refractivity (Wildman–Crippen MR) is 83.9 cm³/mol. The van der Waals surface area contributed by atoms with Crippen molar-refractivity contribution in [3.05, 3.63) is 42.2 Å². The molecular formula is C17H24N2O. The lowest BCUT2D eigenvalue weighted by Crippen LogP contribution is -2.22. The Morgan fingerprint density at radius 2 is 2.00 bits per heavy atom. The quantitative estimate of drug-likeness (QED) is 0.834. The molecule has 108 valence electrons. The Labute approximate surface area is 121 Å². The minimum atomic E-state index is 0.291. The van der Waals surface area contributed by atoms with E-state index >= 15 is 0 Å². The Kier molecular flexibility index (Phi) is 5.50. The standard InChI is InChI=1S/C17H24N2O/c1-4-19-17(10-9-13(2)20-3)16-12-18-11-14-7-5-6-8-15(14)16/h5-8,11-13,17,19H,4,9-10H2,1-3H3. The van der Waals surface area contributed by atoms with Crippen LogP contribution in [-0.2, 0) is 4.74 Å². The highest BCUT2D eigenvalue weighted by Crippen LogP contribution is 2.26. The number of nitrogens with zero attached hydrogens (tertiary/aromatic N) is 1. The third-order valence-electron chi connectivity index (χ3n) is 3.79. The highest BCUT2D eigenvalue weighted by Gasteiger charge is 2.15. The highest BCUT2D eigenvalue weighted by atomic mass is 16.5. The summed E-state index contributed by atoms with van der Waals surface area (Å²) in [7, 11) is 1.77. The first-order valence-corrected chi connectivity index (χ1v) is 7.35. The van der Waals surface area contributed by atoms with Crippen molar-refractivity contribution in [3.63, 3.8) is 0 Å². The largest absolute Gasteiger partial charge is 0.382 e. The van der Waals surface area contributed by atoms with E-state index < -0.39 is 0 Å². The summed E-state index contributed by atoms with van der Waals surface area (Å²) in [5.74, 6) is 0. The van der Waals surface area contributed by atoms with Gasteiger partial charge in [0.2, 0.25) is 0 Å². The fraction of sp³-hybridized carbons (Fsp3) is 0.471. The van der Waals surface area contributed by atoms with Crippen LogP contribution in [0.5, 0.6) is 0 Å². The molecule has 0 aliphatic heterocycles. The van der Waals surface area contributed by atoms with Gasteiger partial charge in [-0.1, -0.05) is 31.2 Å². The maximum Gasteiger partial charge on any atom is 0.0543 e. The Balaban J connectivity index is 2.26. The van der Waals surface area contributed by atoms with Gasteiger partial charge in [0.05, 0.1) is 6.10 Å². The van der Waals surface area contributed by atoms with E-state index in [4.69, 9.17) is 4.74 Å². The van der Waals surface area contributed by atoms with E-state index in [-0.39, 0.29) is 0 Å². The summed E-state index contributed by atoms with van der Waals surface area (Å²) in [6.07, 6.45) is 6.31. The Bertz CT molecular complexity index is 536. The van der Waals surface area contributed by atoms with Gasteiger partial charge in [0.15, 0.2) is 0 Å². The zero-order valence-electron chi connectivity index (χ0n) is 12.6. The number of rotatable bonds is 7. The van der Waals surface area contributed by atoms with Crippen molar-refractivity contribution in [1.29, 1.82) is 0 Å². The minimum Gasteiger partial charge on any atom is -0.382 e. The molecule has 2 rings (SSSR count). The maximum atomic E-state index is 5.36. The molecular weight excluding hydrogens is 248 g/mol. The smallest absolute Gasteiger partial charge is 0.0543 e. The first-order chi connectivity index (χ1) is 9.76. The van der Waals surface area contributed by atoms with Gasteiger partial charge in [-0.15, -0.1) is 0 Å². The topological polar surface area (TPSA) is 34.1 Å². The Hall–Kier alpha value is -1.45. The summed E-state index contributed by atoms with van der Waals surface area (Å²) in [4.78, 5) is 4.39. The van der Waals surface area contributed by atoms with Crippen molar-refractivity contribution >= 4 is 10.8 Å². The van der Waals surface area contributed by atoms with E-state index in [0.29, 0.717) is 12.1 Å². The molecule has 0 amide bonds. The summed E-state index contributed by atoms with van der Waals surface area (Å²) in [5, 5.41) is 6.07. The van der Waals surface area contributed by atoms with Crippen molar-refractivity contribution < 1.29 is 4.74 Å².